The van der Waals surface area contributed by atoms with E-state index in [1.165, 1.54) is 0 Å². The molecule has 0 spiro atoms. The number of cyclic esters (lactones) is 1. The van der Waals surface area contributed by atoms with Crippen LogP contribution in [0.4, 0.5) is 0 Å². The van der Waals surface area contributed by atoms with E-state index >= 15 is 0 Å². The van der Waals surface area contributed by atoms with Gasteiger partial charge in [-0.1, -0.05) is 41.1 Å². The number of benzene rings is 1. The Morgan fingerprint density at radius 1 is 1.15 bits per heavy atom. The average molecular weight is 491 g/mol. The molecule has 0 N–H and O–H groups in total. The molecule has 1 saturated heterocycles. The molecule has 1 aromatic rings. The SMILES string of the molecule is Cc1cc(C)c2c(c1Cl)CC(=N/OCC(=O)N1CCSCC1)/C=C/CC/C=C/CCOC2=O. The maximum absolute atomic E-state index is 12.9. The molecule has 1 aromatic carbocycles. The lowest BCUT2D eigenvalue weighted by Gasteiger charge is -2.25. The molecule has 8 heteroatoms. The molecule has 0 radical (unpaired) electrons. The van der Waals surface area contributed by atoms with Gasteiger partial charge < -0.3 is 14.5 Å². The first-order chi connectivity index (χ1) is 16.0. The number of esters is 1. The minimum atomic E-state index is -0.391. The second-order valence-corrected chi connectivity index (χ2v) is 9.68. The Balaban J connectivity index is 1.86. The molecule has 0 aliphatic carbocycles. The highest BCUT2D eigenvalue weighted by Gasteiger charge is 2.22. The Labute approximate surface area is 205 Å². The molecular weight excluding hydrogens is 460 g/mol. The Hall–Kier alpha value is -2.25. The van der Waals surface area contributed by atoms with Crippen LogP contribution < -0.4 is 0 Å². The summed E-state index contributed by atoms with van der Waals surface area (Å²) in [5.74, 6) is 1.43. The number of nitrogens with zero attached hydrogens (tertiary/aromatic N) is 2. The minimum absolute atomic E-state index is 0.0663. The van der Waals surface area contributed by atoms with Gasteiger partial charge in [-0.05, 0) is 55.9 Å². The van der Waals surface area contributed by atoms with E-state index in [9.17, 15) is 9.59 Å². The molecule has 1 fully saturated rings. The number of carbonyl (C=O) groups is 2. The molecule has 2 aliphatic rings. The fourth-order valence-electron chi connectivity index (χ4n) is 3.81. The van der Waals surface area contributed by atoms with E-state index in [-0.39, 0.29) is 12.5 Å². The van der Waals surface area contributed by atoms with Crippen LogP contribution >= 0.6 is 23.4 Å². The van der Waals surface area contributed by atoms with Gasteiger partial charge in [0.2, 0.25) is 0 Å². The molecule has 0 bridgehead atoms. The topological polar surface area (TPSA) is 68.2 Å². The Bertz CT molecular complexity index is 952. The van der Waals surface area contributed by atoms with Crippen LogP contribution in [-0.2, 0) is 20.8 Å². The van der Waals surface area contributed by atoms with Crippen LogP contribution in [0.2, 0.25) is 5.02 Å². The van der Waals surface area contributed by atoms with E-state index in [1.807, 2.05) is 49.9 Å². The summed E-state index contributed by atoms with van der Waals surface area (Å²) in [4.78, 5) is 32.6. The van der Waals surface area contributed by atoms with Gasteiger partial charge in [0.1, 0.15) is 0 Å². The van der Waals surface area contributed by atoms with Gasteiger partial charge >= 0.3 is 5.97 Å². The van der Waals surface area contributed by atoms with Crippen LogP contribution in [-0.4, -0.2) is 60.3 Å². The third-order valence-corrected chi connectivity index (χ3v) is 7.00. The number of fused-ring (bicyclic) bond motifs is 1. The van der Waals surface area contributed by atoms with Crippen molar-refractivity contribution in [3.05, 3.63) is 57.6 Å². The summed E-state index contributed by atoms with van der Waals surface area (Å²) in [5, 5.41) is 4.78. The van der Waals surface area contributed by atoms with Gasteiger partial charge in [0.05, 0.1) is 17.9 Å². The first-order valence-corrected chi connectivity index (χ1v) is 12.8. The van der Waals surface area contributed by atoms with Gasteiger partial charge in [0.15, 0.2) is 6.61 Å². The molecule has 0 aromatic heterocycles. The van der Waals surface area contributed by atoms with E-state index in [0.717, 1.165) is 48.6 Å². The van der Waals surface area contributed by atoms with Crippen molar-refractivity contribution in [1.82, 2.24) is 4.90 Å². The number of rotatable bonds is 3. The van der Waals surface area contributed by atoms with Gasteiger partial charge in [0, 0.05) is 36.0 Å². The molecule has 0 unspecified atom stereocenters. The highest BCUT2D eigenvalue weighted by molar-refractivity contribution is 7.99. The predicted molar refractivity (Wildman–Crippen MR) is 134 cm³/mol. The summed E-state index contributed by atoms with van der Waals surface area (Å²) >= 11 is 8.50. The van der Waals surface area contributed by atoms with Gasteiger partial charge in [0.25, 0.3) is 5.91 Å². The van der Waals surface area contributed by atoms with E-state index in [1.54, 1.807) is 4.90 Å². The zero-order valence-electron chi connectivity index (χ0n) is 19.3. The van der Waals surface area contributed by atoms with Crippen molar-refractivity contribution >= 4 is 41.0 Å². The van der Waals surface area contributed by atoms with Crippen molar-refractivity contribution in [2.24, 2.45) is 5.16 Å². The van der Waals surface area contributed by atoms with Crippen LogP contribution in [0.15, 0.2) is 35.5 Å². The second-order valence-electron chi connectivity index (χ2n) is 8.08. The molecule has 0 saturated carbocycles. The second kappa shape index (κ2) is 12.8. The fourth-order valence-corrected chi connectivity index (χ4v) is 4.93. The zero-order chi connectivity index (χ0) is 23.6. The summed E-state index contributed by atoms with van der Waals surface area (Å²) in [5.41, 5.74) is 3.42. The number of thioether (sulfide) groups is 1. The maximum Gasteiger partial charge on any atom is 0.338 e. The monoisotopic (exact) mass is 490 g/mol. The predicted octanol–water partition coefficient (Wildman–Crippen LogP) is 4.90. The van der Waals surface area contributed by atoms with Gasteiger partial charge in [-0.3, -0.25) is 4.79 Å². The van der Waals surface area contributed by atoms with E-state index in [4.69, 9.17) is 21.2 Å². The molecule has 6 nitrogen and oxygen atoms in total. The lowest BCUT2D eigenvalue weighted by atomic mass is 9.94. The fraction of sp³-hybridized carbons (Fsp3) is 0.480. The van der Waals surface area contributed by atoms with E-state index in [0.29, 0.717) is 41.3 Å². The van der Waals surface area contributed by atoms with Gasteiger partial charge in [-0.25, -0.2) is 4.79 Å². The highest BCUT2D eigenvalue weighted by atomic mass is 35.5. The summed E-state index contributed by atoms with van der Waals surface area (Å²) < 4.78 is 5.51. The smallest absolute Gasteiger partial charge is 0.338 e. The molecule has 2 aliphatic heterocycles. The zero-order valence-corrected chi connectivity index (χ0v) is 20.8. The van der Waals surface area contributed by atoms with Crippen molar-refractivity contribution in [2.45, 2.75) is 39.5 Å². The number of hydrogen-bond acceptors (Lipinski definition) is 6. The Morgan fingerprint density at radius 2 is 1.88 bits per heavy atom. The largest absolute Gasteiger partial charge is 0.462 e. The molecule has 2 heterocycles. The highest BCUT2D eigenvalue weighted by Crippen LogP contribution is 2.29. The van der Waals surface area contributed by atoms with E-state index < -0.39 is 5.97 Å². The lowest BCUT2D eigenvalue weighted by Crippen LogP contribution is -2.39. The van der Waals surface area contributed by atoms with Crippen LogP contribution in [0.1, 0.15) is 46.3 Å². The van der Waals surface area contributed by atoms with Crippen LogP contribution in [0.5, 0.6) is 0 Å². The average Bonchev–Trinajstić information content (AvgIpc) is 2.80. The Kier molecular flexibility index (Phi) is 9.88. The summed E-state index contributed by atoms with van der Waals surface area (Å²) in [6, 6.07) is 1.89. The van der Waals surface area contributed by atoms with Gasteiger partial charge in [-0.2, -0.15) is 11.8 Å². The quantitative estimate of drug-likeness (QED) is 0.342. The molecular formula is C25H31ClN2O4S. The maximum atomic E-state index is 12.9. The van der Waals surface area contributed by atoms with Crippen molar-refractivity contribution in [2.75, 3.05) is 37.8 Å². The molecule has 3 rings (SSSR count). The van der Waals surface area contributed by atoms with Gasteiger partial charge in [-0.15, -0.1) is 0 Å². The molecule has 1 amide bonds. The van der Waals surface area contributed by atoms with Crippen LogP contribution in [0.3, 0.4) is 0 Å². The van der Waals surface area contributed by atoms with Crippen LogP contribution in [0, 0.1) is 13.8 Å². The molecule has 178 valence electrons. The first-order valence-electron chi connectivity index (χ1n) is 11.3. The number of carbonyl (C=O) groups excluding carboxylic acids is 2. The van der Waals surface area contributed by atoms with Crippen molar-refractivity contribution in [3.8, 4) is 0 Å². The standard InChI is InChI=1S/C25H31ClN2O4S/c1-18-15-19(2)24(26)21-16-20(27-32-17-22(29)28-10-13-33-14-11-28)9-7-5-3-4-6-8-12-31-25(30)23(18)21/h4,6-7,9,15H,3,5,8,10-14,16-17H2,1-2H3/b6-4+,9-7+,27-20+. The number of ether oxygens (including phenoxy) is 1. The molecule has 33 heavy (non-hydrogen) atoms. The number of hydrogen-bond donors (Lipinski definition) is 0. The number of amides is 1. The third kappa shape index (κ3) is 7.37. The first kappa shape index (κ1) is 25.4. The summed E-state index contributed by atoms with van der Waals surface area (Å²) in [6.07, 6.45) is 10.7. The third-order valence-electron chi connectivity index (χ3n) is 5.53. The minimum Gasteiger partial charge on any atom is -0.462 e. The number of aryl methyl sites for hydroxylation is 2. The van der Waals surface area contributed by atoms with Crippen molar-refractivity contribution < 1.29 is 19.2 Å². The number of allylic oxidation sites excluding steroid dienone is 3. The van der Waals surface area contributed by atoms with E-state index in [2.05, 4.69) is 11.2 Å². The number of oxime groups is 1. The summed E-state index contributed by atoms with van der Waals surface area (Å²) in [7, 11) is 0. The normalized spacial score (nSPS) is 21.0. The van der Waals surface area contributed by atoms with Crippen molar-refractivity contribution in [3.63, 3.8) is 0 Å². The lowest BCUT2D eigenvalue weighted by molar-refractivity contribution is -0.135. The molecule has 0 atom stereocenters. The Morgan fingerprint density at radius 3 is 2.67 bits per heavy atom. The van der Waals surface area contributed by atoms with Crippen LogP contribution in [0.25, 0.3) is 0 Å². The number of halogens is 1. The summed E-state index contributed by atoms with van der Waals surface area (Å²) in [6.45, 7) is 5.47. The van der Waals surface area contributed by atoms with Crippen molar-refractivity contribution in [1.29, 1.82) is 0 Å².